The van der Waals surface area contributed by atoms with Crippen LogP contribution in [0.15, 0.2) is 18.2 Å². The van der Waals surface area contributed by atoms with E-state index in [0.29, 0.717) is 5.56 Å². The van der Waals surface area contributed by atoms with E-state index < -0.39 is 0 Å². The van der Waals surface area contributed by atoms with Gasteiger partial charge in [0.05, 0.1) is 12.7 Å². The lowest BCUT2D eigenvalue weighted by molar-refractivity contribution is 0.0600. The van der Waals surface area contributed by atoms with Crippen LogP contribution < -0.4 is 10.2 Å². The molecule has 0 spiro atoms. The minimum Gasteiger partial charge on any atom is -0.465 e. The van der Waals surface area contributed by atoms with Crippen LogP contribution in [0.25, 0.3) is 0 Å². The highest BCUT2D eigenvalue weighted by Gasteiger charge is 2.24. The Balaban J connectivity index is 0.00000161. The summed E-state index contributed by atoms with van der Waals surface area (Å²) in [4.78, 5) is 14.0. The van der Waals surface area contributed by atoms with Gasteiger partial charge in [0.1, 0.15) is 0 Å². The molecular weight excluding hydrogens is 288 g/mol. The number of hydrogen-bond donors (Lipinski definition) is 1. The molecule has 0 radical (unpaired) electrons. The van der Waals surface area contributed by atoms with Gasteiger partial charge >= 0.3 is 5.97 Å². The largest absolute Gasteiger partial charge is 0.465 e. The van der Waals surface area contributed by atoms with Crippen LogP contribution in [0.3, 0.4) is 0 Å². The summed E-state index contributed by atoms with van der Waals surface area (Å²) >= 11 is 0. The van der Waals surface area contributed by atoms with Gasteiger partial charge in [0.15, 0.2) is 0 Å². The van der Waals surface area contributed by atoms with Gasteiger partial charge in [-0.05, 0) is 62.0 Å². The Bertz CT molecular complexity index is 501. The van der Waals surface area contributed by atoms with Crippen molar-refractivity contribution in [1.29, 1.82) is 0 Å². The number of benzene rings is 1. The van der Waals surface area contributed by atoms with E-state index in [0.717, 1.165) is 38.5 Å². The maximum atomic E-state index is 11.6. The third kappa shape index (κ3) is 3.50. The maximum Gasteiger partial charge on any atom is 0.337 e. The number of halogens is 1. The SMILES string of the molecule is COC(=O)c1ccc2c(c1)CCN2CC1CCCNC1.Cl. The number of carbonyl (C=O) groups excluding carboxylic acids is 1. The van der Waals surface area contributed by atoms with Crippen molar-refractivity contribution in [2.45, 2.75) is 19.3 Å². The highest BCUT2D eigenvalue weighted by molar-refractivity contribution is 5.90. The van der Waals surface area contributed by atoms with Crippen LogP contribution in [0.1, 0.15) is 28.8 Å². The Labute approximate surface area is 132 Å². The lowest BCUT2D eigenvalue weighted by atomic mass is 9.99. The van der Waals surface area contributed by atoms with Crippen LogP contribution in [0.4, 0.5) is 5.69 Å². The monoisotopic (exact) mass is 310 g/mol. The van der Waals surface area contributed by atoms with Crippen molar-refractivity contribution >= 4 is 24.1 Å². The number of fused-ring (bicyclic) bond motifs is 1. The van der Waals surface area contributed by atoms with Gasteiger partial charge in [-0.3, -0.25) is 0 Å². The van der Waals surface area contributed by atoms with Crippen molar-refractivity contribution in [3.63, 3.8) is 0 Å². The second kappa shape index (κ2) is 7.14. The van der Waals surface area contributed by atoms with Crippen molar-refractivity contribution in [2.24, 2.45) is 5.92 Å². The second-order valence-electron chi connectivity index (χ2n) is 5.74. The lowest BCUT2D eigenvalue weighted by Gasteiger charge is -2.29. The smallest absolute Gasteiger partial charge is 0.337 e. The Hall–Kier alpha value is -1.26. The van der Waals surface area contributed by atoms with E-state index in [1.54, 1.807) is 0 Å². The molecule has 2 aliphatic rings. The van der Waals surface area contributed by atoms with Gasteiger partial charge in [-0.1, -0.05) is 0 Å². The number of hydrogen-bond acceptors (Lipinski definition) is 4. The molecule has 1 aromatic carbocycles. The first-order valence-corrected chi connectivity index (χ1v) is 7.45. The average molecular weight is 311 g/mol. The zero-order valence-corrected chi connectivity index (χ0v) is 13.2. The molecule has 1 N–H and O–H groups in total. The fourth-order valence-corrected chi connectivity index (χ4v) is 3.30. The van der Waals surface area contributed by atoms with Gasteiger partial charge in [-0.25, -0.2) is 4.79 Å². The molecule has 0 aliphatic carbocycles. The number of anilines is 1. The summed E-state index contributed by atoms with van der Waals surface area (Å²) in [6.07, 6.45) is 3.63. The number of nitrogens with one attached hydrogen (secondary N) is 1. The molecule has 1 saturated heterocycles. The first-order valence-electron chi connectivity index (χ1n) is 7.45. The quantitative estimate of drug-likeness (QED) is 0.870. The molecule has 1 atom stereocenters. The van der Waals surface area contributed by atoms with E-state index in [9.17, 15) is 4.79 Å². The second-order valence-corrected chi connectivity index (χ2v) is 5.74. The van der Waals surface area contributed by atoms with Crippen LogP contribution in [-0.2, 0) is 11.2 Å². The summed E-state index contributed by atoms with van der Waals surface area (Å²) in [5.74, 6) is 0.498. The van der Waals surface area contributed by atoms with Gasteiger partial charge < -0.3 is 15.0 Å². The summed E-state index contributed by atoms with van der Waals surface area (Å²) in [5.41, 5.74) is 3.23. The van der Waals surface area contributed by atoms with Crippen molar-refractivity contribution in [3.05, 3.63) is 29.3 Å². The highest BCUT2D eigenvalue weighted by atomic mass is 35.5. The highest BCUT2D eigenvalue weighted by Crippen LogP contribution is 2.30. The zero-order chi connectivity index (χ0) is 13.9. The van der Waals surface area contributed by atoms with Gasteiger partial charge in [0.2, 0.25) is 0 Å². The first kappa shape index (κ1) is 16.1. The molecule has 2 aliphatic heterocycles. The van der Waals surface area contributed by atoms with Crippen LogP contribution >= 0.6 is 12.4 Å². The first-order chi connectivity index (χ1) is 9.78. The van der Waals surface area contributed by atoms with E-state index >= 15 is 0 Å². The van der Waals surface area contributed by atoms with E-state index in [4.69, 9.17) is 4.74 Å². The van der Waals surface area contributed by atoms with Crippen LogP contribution in [-0.4, -0.2) is 39.3 Å². The molecule has 5 heteroatoms. The number of esters is 1. The number of carbonyl (C=O) groups is 1. The predicted octanol–water partition coefficient (Wildman–Crippen LogP) is 2.26. The normalized spacial score (nSPS) is 20.6. The number of ether oxygens (including phenoxy) is 1. The Morgan fingerprint density at radius 2 is 2.33 bits per heavy atom. The number of rotatable bonds is 3. The lowest BCUT2D eigenvalue weighted by Crippen LogP contribution is -2.37. The Morgan fingerprint density at radius 1 is 1.48 bits per heavy atom. The maximum absolute atomic E-state index is 11.6. The van der Waals surface area contributed by atoms with Crippen LogP contribution in [0.2, 0.25) is 0 Å². The molecule has 0 aromatic heterocycles. The fourth-order valence-electron chi connectivity index (χ4n) is 3.30. The van der Waals surface area contributed by atoms with E-state index in [1.807, 2.05) is 12.1 Å². The number of methoxy groups -OCH3 is 1. The Kier molecular flexibility index (Phi) is 5.48. The molecule has 0 bridgehead atoms. The standard InChI is InChI=1S/C16H22N2O2.ClH/c1-20-16(19)14-4-5-15-13(9-14)6-8-18(15)11-12-3-2-7-17-10-12;/h4-5,9,12,17H,2-3,6-8,10-11H2,1H3;1H. The molecule has 1 unspecified atom stereocenters. The third-order valence-corrected chi connectivity index (χ3v) is 4.37. The fraction of sp³-hybridized carbons (Fsp3) is 0.562. The summed E-state index contributed by atoms with van der Waals surface area (Å²) in [7, 11) is 1.43. The van der Waals surface area contributed by atoms with Gasteiger partial charge in [-0.15, -0.1) is 12.4 Å². The molecule has 116 valence electrons. The van der Waals surface area contributed by atoms with E-state index in [-0.39, 0.29) is 18.4 Å². The van der Waals surface area contributed by atoms with E-state index in [1.165, 1.54) is 31.2 Å². The summed E-state index contributed by atoms with van der Waals surface area (Å²) in [5, 5.41) is 3.48. The Morgan fingerprint density at radius 3 is 3.05 bits per heavy atom. The number of nitrogens with zero attached hydrogens (tertiary/aromatic N) is 1. The van der Waals surface area contributed by atoms with Gasteiger partial charge in [-0.2, -0.15) is 0 Å². The molecule has 0 saturated carbocycles. The minimum atomic E-state index is -0.247. The molecule has 0 amide bonds. The van der Waals surface area contributed by atoms with Crippen LogP contribution in [0.5, 0.6) is 0 Å². The average Bonchev–Trinajstić information content (AvgIpc) is 2.90. The molecule has 4 nitrogen and oxygen atoms in total. The predicted molar refractivity (Wildman–Crippen MR) is 86.5 cm³/mol. The van der Waals surface area contributed by atoms with Gasteiger partial charge in [0, 0.05) is 18.8 Å². The number of piperidine rings is 1. The van der Waals surface area contributed by atoms with Crippen LogP contribution in [0, 0.1) is 5.92 Å². The molecular formula is C16H23ClN2O2. The summed E-state index contributed by atoms with van der Waals surface area (Å²) in [6, 6.07) is 5.94. The van der Waals surface area contributed by atoms with Crippen molar-refractivity contribution in [3.8, 4) is 0 Å². The molecule has 2 heterocycles. The minimum absolute atomic E-state index is 0. The van der Waals surface area contributed by atoms with Crippen molar-refractivity contribution in [2.75, 3.05) is 38.2 Å². The molecule has 1 fully saturated rings. The molecule has 1 aromatic rings. The van der Waals surface area contributed by atoms with E-state index in [2.05, 4.69) is 16.3 Å². The molecule has 3 rings (SSSR count). The van der Waals surface area contributed by atoms with Crippen molar-refractivity contribution < 1.29 is 9.53 Å². The third-order valence-electron chi connectivity index (χ3n) is 4.37. The zero-order valence-electron chi connectivity index (χ0n) is 12.4. The van der Waals surface area contributed by atoms with Gasteiger partial charge in [0.25, 0.3) is 0 Å². The summed E-state index contributed by atoms with van der Waals surface area (Å²) < 4.78 is 4.78. The molecule has 21 heavy (non-hydrogen) atoms. The summed E-state index contributed by atoms with van der Waals surface area (Å²) in [6.45, 7) is 4.48. The topological polar surface area (TPSA) is 41.6 Å². The van der Waals surface area contributed by atoms with Crippen molar-refractivity contribution in [1.82, 2.24) is 5.32 Å².